The fourth-order valence-corrected chi connectivity index (χ4v) is 4.42. The van der Waals surface area contributed by atoms with E-state index in [0.717, 1.165) is 30.0 Å². The van der Waals surface area contributed by atoms with Gasteiger partial charge in [-0.1, -0.05) is 31.5 Å². The summed E-state index contributed by atoms with van der Waals surface area (Å²) in [6.45, 7) is 2.71. The van der Waals surface area contributed by atoms with Gasteiger partial charge in [0.05, 0.1) is 10.9 Å². The molecule has 5 nitrogen and oxygen atoms in total. The van der Waals surface area contributed by atoms with Crippen LogP contribution in [0.4, 0.5) is 5.69 Å². The Morgan fingerprint density at radius 3 is 2.96 bits per heavy atom. The second-order valence-corrected chi connectivity index (χ2v) is 7.37. The molecule has 0 spiro atoms. The minimum Gasteiger partial charge on any atom is -0.353 e. The van der Waals surface area contributed by atoms with E-state index in [4.69, 9.17) is 0 Å². The molecule has 1 N–H and O–H groups in total. The Morgan fingerprint density at radius 2 is 2.22 bits per heavy atom. The van der Waals surface area contributed by atoms with Crippen molar-refractivity contribution in [3.8, 4) is 0 Å². The molecule has 0 aromatic carbocycles. The Kier molecular flexibility index (Phi) is 5.20. The van der Waals surface area contributed by atoms with E-state index in [1.165, 1.54) is 24.6 Å². The van der Waals surface area contributed by atoms with Crippen molar-refractivity contribution < 1.29 is 9.59 Å². The Labute approximate surface area is 141 Å². The Morgan fingerprint density at radius 1 is 1.43 bits per heavy atom. The van der Waals surface area contributed by atoms with Gasteiger partial charge in [0.1, 0.15) is 5.03 Å². The van der Waals surface area contributed by atoms with Crippen LogP contribution in [0.3, 0.4) is 0 Å². The molecule has 1 saturated carbocycles. The fraction of sp³-hybridized carbons (Fsp3) is 0.588. The molecule has 0 radical (unpaired) electrons. The first kappa shape index (κ1) is 16.3. The molecule has 0 bridgehead atoms. The van der Waals surface area contributed by atoms with Crippen LogP contribution in [0.25, 0.3) is 0 Å². The smallest absolute Gasteiger partial charge is 0.241 e. The van der Waals surface area contributed by atoms with Gasteiger partial charge >= 0.3 is 0 Å². The van der Waals surface area contributed by atoms with E-state index in [1.807, 2.05) is 19.1 Å². The third-order valence-corrected chi connectivity index (χ3v) is 5.57. The highest BCUT2D eigenvalue weighted by Crippen LogP contribution is 2.38. The van der Waals surface area contributed by atoms with Gasteiger partial charge in [-0.05, 0) is 31.4 Å². The largest absolute Gasteiger partial charge is 0.353 e. The average Bonchev–Trinajstić information content (AvgIpc) is 3.04. The summed E-state index contributed by atoms with van der Waals surface area (Å²) in [6, 6.07) is 4.07. The quantitative estimate of drug-likeness (QED) is 0.900. The van der Waals surface area contributed by atoms with Crippen molar-refractivity contribution >= 4 is 29.3 Å². The Hall–Kier alpha value is -1.56. The first-order chi connectivity index (χ1) is 11.2. The van der Waals surface area contributed by atoms with Crippen LogP contribution in [-0.2, 0) is 9.59 Å². The molecule has 2 amide bonds. The average molecular weight is 333 g/mol. The summed E-state index contributed by atoms with van der Waals surface area (Å²) in [4.78, 5) is 31.2. The third kappa shape index (κ3) is 3.68. The van der Waals surface area contributed by atoms with Crippen molar-refractivity contribution in [1.82, 2.24) is 10.3 Å². The van der Waals surface area contributed by atoms with Gasteiger partial charge < -0.3 is 10.2 Å². The number of thioether (sulfide) groups is 1. The zero-order valence-electron chi connectivity index (χ0n) is 13.5. The maximum absolute atomic E-state index is 12.7. The number of pyridine rings is 1. The number of fused-ring (bicyclic) bond motifs is 1. The molecule has 1 aliphatic carbocycles. The van der Waals surface area contributed by atoms with Gasteiger partial charge in [-0.25, -0.2) is 4.98 Å². The summed E-state index contributed by atoms with van der Waals surface area (Å²) in [5.41, 5.74) is 0.872. The molecule has 1 aliphatic heterocycles. The van der Waals surface area contributed by atoms with Crippen LogP contribution >= 0.6 is 11.8 Å². The summed E-state index contributed by atoms with van der Waals surface area (Å²) in [5.74, 6) is 0.0116. The van der Waals surface area contributed by atoms with Crippen LogP contribution in [0.5, 0.6) is 0 Å². The Balaban J connectivity index is 1.70. The molecule has 1 aromatic heterocycles. The number of nitrogens with one attached hydrogen (secondary N) is 1. The van der Waals surface area contributed by atoms with Crippen LogP contribution in [-0.4, -0.2) is 34.6 Å². The molecule has 1 aromatic rings. The summed E-state index contributed by atoms with van der Waals surface area (Å²) >= 11 is 1.42. The molecular formula is C17H23N3O2S. The first-order valence-corrected chi connectivity index (χ1v) is 9.29. The fourth-order valence-electron chi connectivity index (χ4n) is 3.26. The lowest BCUT2D eigenvalue weighted by molar-refractivity contribution is -0.125. The minimum absolute atomic E-state index is 0.0152. The van der Waals surface area contributed by atoms with Crippen LogP contribution in [0, 0.1) is 0 Å². The summed E-state index contributed by atoms with van der Waals surface area (Å²) in [5, 5.41) is 3.55. The molecule has 124 valence electrons. The highest BCUT2D eigenvalue weighted by molar-refractivity contribution is 8.00. The molecule has 23 heavy (non-hydrogen) atoms. The van der Waals surface area contributed by atoms with Crippen molar-refractivity contribution in [3.63, 3.8) is 0 Å². The predicted octanol–water partition coefficient (Wildman–Crippen LogP) is 2.75. The molecular weight excluding hydrogens is 310 g/mol. The molecule has 2 heterocycles. The normalized spacial score (nSPS) is 21.3. The molecule has 1 atom stereocenters. The van der Waals surface area contributed by atoms with E-state index in [9.17, 15) is 9.59 Å². The zero-order chi connectivity index (χ0) is 16.2. The number of rotatable bonds is 5. The number of hydrogen-bond donors (Lipinski definition) is 1. The van der Waals surface area contributed by atoms with Crippen molar-refractivity contribution in [2.75, 3.05) is 11.4 Å². The van der Waals surface area contributed by atoms with E-state index in [2.05, 4.69) is 10.3 Å². The van der Waals surface area contributed by atoms with Gasteiger partial charge in [-0.15, -0.1) is 0 Å². The highest BCUT2D eigenvalue weighted by Gasteiger charge is 2.35. The SMILES string of the molecule is CCCN1C(=O)[C@@H](CC(=O)NC2CCCC2)Sc2ncccc21. The van der Waals surface area contributed by atoms with Crippen LogP contribution in [0.15, 0.2) is 23.4 Å². The summed E-state index contributed by atoms with van der Waals surface area (Å²) < 4.78 is 0. The second kappa shape index (κ2) is 7.34. The maximum atomic E-state index is 12.7. The van der Waals surface area contributed by atoms with E-state index in [0.29, 0.717) is 12.6 Å². The molecule has 1 fully saturated rings. The highest BCUT2D eigenvalue weighted by atomic mass is 32.2. The standard InChI is InChI=1S/C17H23N3O2S/c1-2-10-20-13-8-5-9-18-16(13)23-14(17(20)22)11-15(21)19-12-6-3-4-7-12/h5,8-9,12,14H,2-4,6-7,10-11H2,1H3,(H,19,21)/t14-/m1/s1. The number of hydrogen-bond acceptors (Lipinski definition) is 4. The lowest BCUT2D eigenvalue weighted by Gasteiger charge is -2.32. The molecule has 0 unspecified atom stereocenters. The number of carbonyl (C=O) groups is 2. The van der Waals surface area contributed by atoms with Gasteiger partial charge in [0.2, 0.25) is 11.8 Å². The number of carbonyl (C=O) groups excluding carboxylic acids is 2. The number of nitrogens with zero attached hydrogens (tertiary/aromatic N) is 2. The lowest BCUT2D eigenvalue weighted by Crippen LogP contribution is -2.44. The third-order valence-electron chi connectivity index (χ3n) is 4.38. The van der Waals surface area contributed by atoms with Gasteiger partial charge in [0.15, 0.2) is 0 Å². The molecule has 6 heteroatoms. The van der Waals surface area contributed by atoms with Crippen LogP contribution in [0.2, 0.25) is 0 Å². The van der Waals surface area contributed by atoms with Gasteiger partial charge in [0, 0.05) is 25.2 Å². The van der Waals surface area contributed by atoms with Crippen LogP contribution < -0.4 is 10.2 Å². The van der Waals surface area contributed by atoms with E-state index in [1.54, 1.807) is 11.1 Å². The van der Waals surface area contributed by atoms with Crippen molar-refractivity contribution in [2.24, 2.45) is 0 Å². The van der Waals surface area contributed by atoms with Gasteiger partial charge in [-0.3, -0.25) is 9.59 Å². The maximum Gasteiger partial charge on any atom is 0.241 e. The minimum atomic E-state index is -0.370. The summed E-state index contributed by atoms with van der Waals surface area (Å²) in [7, 11) is 0. The Bertz CT molecular complexity index is 587. The number of anilines is 1. The van der Waals surface area contributed by atoms with Crippen LogP contribution in [0.1, 0.15) is 45.4 Å². The van der Waals surface area contributed by atoms with Gasteiger partial charge in [0.25, 0.3) is 0 Å². The van der Waals surface area contributed by atoms with Crippen molar-refractivity contribution in [3.05, 3.63) is 18.3 Å². The lowest BCUT2D eigenvalue weighted by atomic mass is 10.2. The van der Waals surface area contributed by atoms with Crippen molar-refractivity contribution in [1.29, 1.82) is 0 Å². The monoisotopic (exact) mass is 333 g/mol. The van der Waals surface area contributed by atoms with Gasteiger partial charge in [-0.2, -0.15) is 0 Å². The van der Waals surface area contributed by atoms with Crippen molar-refractivity contribution in [2.45, 2.75) is 61.8 Å². The van der Waals surface area contributed by atoms with E-state index in [-0.39, 0.29) is 23.5 Å². The number of aromatic nitrogens is 1. The molecule has 3 rings (SSSR count). The first-order valence-electron chi connectivity index (χ1n) is 8.41. The summed E-state index contributed by atoms with van der Waals surface area (Å²) in [6.07, 6.45) is 7.34. The molecule has 2 aliphatic rings. The number of amides is 2. The van der Waals surface area contributed by atoms with E-state index >= 15 is 0 Å². The molecule has 0 saturated heterocycles. The topological polar surface area (TPSA) is 62.3 Å². The van der Waals surface area contributed by atoms with E-state index < -0.39 is 0 Å². The zero-order valence-corrected chi connectivity index (χ0v) is 14.3. The predicted molar refractivity (Wildman–Crippen MR) is 91.5 cm³/mol. The second-order valence-electron chi connectivity index (χ2n) is 6.18.